The van der Waals surface area contributed by atoms with Gasteiger partial charge in [-0.3, -0.25) is 9.69 Å². The molecule has 9 heteroatoms. The van der Waals surface area contributed by atoms with Crippen LogP contribution in [0, 0.1) is 0 Å². The molecule has 138 valence electrons. The van der Waals surface area contributed by atoms with Crippen molar-refractivity contribution in [1.29, 1.82) is 0 Å². The van der Waals surface area contributed by atoms with Crippen LogP contribution in [-0.2, 0) is 4.74 Å². The summed E-state index contributed by atoms with van der Waals surface area (Å²) in [6.45, 7) is 2.77. The first kappa shape index (κ1) is 16.6. The minimum atomic E-state index is -0.117. The fourth-order valence-corrected chi connectivity index (χ4v) is 4.21. The zero-order chi connectivity index (χ0) is 18.7. The van der Waals surface area contributed by atoms with E-state index in [2.05, 4.69) is 22.2 Å². The molecular weight excluding hydrogens is 368 g/mol. The predicted molar refractivity (Wildman–Crippen MR) is 98.7 cm³/mol. The molecule has 1 aromatic carbocycles. The fraction of sp³-hybridized carbons (Fsp3) is 0.333. The summed E-state index contributed by atoms with van der Waals surface area (Å²) in [4.78, 5) is 20.0. The lowest BCUT2D eigenvalue weighted by molar-refractivity contribution is -0.685. The molecule has 0 spiro atoms. The van der Waals surface area contributed by atoms with Gasteiger partial charge in [-0.2, -0.15) is 9.67 Å². The van der Waals surface area contributed by atoms with Crippen LogP contribution in [0.4, 0.5) is 5.69 Å². The molecule has 5 rings (SSSR count). The molecule has 4 heterocycles. The van der Waals surface area contributed by atoms with Gasteiger partial charge in [-0.05, 0) is 25.5 Å². The minimum Gasteiger partial charge on any atom is -0.378 e. The topological polar surface area (TPSA) is 77.1 Å². The number of hydrogen-bond donors (Lipinski definition) is 1. The van der Waals surface area contributed by atoms with E-state index in [0.29, 0.717) is 16.4 Å². The number of nitrogens with one attached hydrogen (secondary N) is 1. The maximum atomic E-state index is 12.9. The number of hydrogen-bond acceptors (Lipinski definition) is 5. The number of nitrogens with zero attached hydrogens (tertiary/aromatic N) is 5. The molecule has 1 N–H and O–H groups in total. The van der Waals surface area contributed by atoms with E-state index in [1.165, 1.54) is 0 Å². The van der Waals surface area contributed by atoms with E-state index in [9.17, 15) is 4.79 Å². The molecule has 3 aliphatic rings. The van der Waals surface area contributed by atoms with Crippen LogP contribution >= 0.6 is 11.6 Å². The zero-order valence-electron chi connectivity index (χ0n) is 14.9. The van der Waals surface area contributed by atoms with Gasteiger partial charge in [0.2, 0.25) is 12.2 Å². The van der Waals surface area contributed by atoms with Gasteiger partial charge in [-0.25, -0.2) is 4.90 Å². The molecule has 2 aromatic rings. The van der Waals surface area contributed by atoms with Crippen LogP contribution in [0.1, 0.15) is 35.3 Å². The number of aliphatic imine (C=N–C) groups is 1. The van der Waals surface area contributed by atoms with Crippen LogP contribution in [-0.4, -0.2) is 51.9 Å². The number of rotatable bonds is 2. The molecule has 27 heavy (non-hydrogen) atoms. The summed E-state index contributed by atoms with van der Waals surface area (Å²) in [6.07, 6.45) is 4.54. The Bertz CT molecular complexity index is 1010. The van der Waals surface area contributed by atoms with Gasteiger partial charge in [0.15, 0.2) is 5.69 Å². The number of carbonyl (C=O) groups is 1. The van der Waals surface area contributed by atoms with Gasteiger partial charge in [0.1, 0.15) is 5.56 Å². The summed E-state index contributed by atoms with van der Waals surface area (Å²) in [5, 5.41) is 8.90. The second-order valence-corrected chi connectivity index (χ2v) is 7.38. The third kappa shape index (κ3) is 2.37. The summed E-state index contributed by atoms with van der Waals surface area (Å²) < 4.78 is 7.44. The molecule has 3 aliphatic heterocycles. The summed E-state index contributed by atoms with van der Waals surface area (Å²) in [5.41, 5.74) is 2.35. The van der Waals surface area contributed by atoms with Gasteiger partial charge in [0.25, 0.3) is 11.7 Å². The van der Waals surface area contributed by atoms with Gasteiger partial charge in [0.05, 0.1) is 18.0 Å². The number of ether oxygens (including phenoxy) is 1. The van der Waals surface area contributed by atoms with Crippen molar-refractivity contribution < 1.29 is 14.4 Å². The molecular formula is C18H18ClN6O2+. The highest BCUT2D eigenvalue weighted by Crippen LogP contribution is 2.33. The normalized spacial score (nSPS) is 26.7. The van der Waals surface area contributed by atoms with Crippen LogP contribution in [0.2, 0.25) is 5.02 Å². The van der Waals surface area contributed by atoms with E-state index in [1.807, 2.05) is 6.07 Å². The van der Waals surface area contributed by atoms with E-state index in [4.69, 9.17) is 16.3 Å². The second-order valence-electron chi connectivity index (χ2n) is 6.94. The van der Waals surface area contributed by atoms with Gasteiger partial charge in [-0.1, -0.05) is 16.8 Å². The number of benzene rings is 1. The number of aromatic nitrogens is 3. The number of amides is 1. The summed E-state index contributed by atoms with van der Waals surface area (Å²) in [5.74, 6) is 1.41. The molecule has 0 saturated carbocycles. The lowest BCUT2D eigenvalue weighted by Crippen LogP contribution is -3.06. The predicted octanol–water partition coefficient (Wildman–Crippen LogP) is 1.25. The average molecular weight is 386 g/mol. The molecule has 0 bridgehead atoms. The summed E-state index contributed by atoms with van der Waals surface area (Å²) >= 11 is 6.09. The maximum absolute atomic E-state index is 12.9. The number of halogens is 1. The van der Waals surface area contributed by atoms with Crippen molar-refractivity contribution in [2.45, 2.75) is 25.4 Å². The standard InChI is InChI=1S/C18H17ClN6O2/c1-10-12(5-6-27-10)15-8-21-22-25(15)16-17-23(2)18(26)13-7-11(19)3-4-14(13)24(17)9-20-16/h3-4,7-10,12H,5-6H2,1-2H3/p+1. The second kappa shape index (κ2) is 5.98. The van der Waals surface area contributed by atoms with Crippen molar-refractivity contribution in [3.05, 3.63) is 46.5 Å². The van der Waals surface area contributed by atoms with Crippen LogP contribution < -0.4 is 4.90 Å². The van der Waals surface area contributed by atoms with E-state index < -0.39 is 0 Å². The first-order chi connectivity index (χ1) is 13.1. The van der Waals surface area contributed by atoms with Gasteiger partial charge >= 0.3 is 0 Å². The van der Waals surface area contributed by atoms with Crippen LogP contribution in [0.3, 0.4) is 0 Å². The minimum absolute atomic E-state index is 0.0928. The Kier molecular flexibility index (Phi) is 3.68. The van der Waals surface area contributed by atoms with Crippen molar-refractivity contribution in [3.8, 4) is 0 Å². The number of carbonyl (C=O) groups excluding carboxylic acids is 1. The van der Waals surface area contributed by atoms with E-state index in [1.54, 1.807) is 41.3 Å². The number of quaternary nitrogens is 1. The molecule has 1 fully saturated rings. The van der Waals surface area contributed by atoms with Crippen LogP contribution in [0.25, 0.3) is 5.82 Å². The lowest BCUT2D eigenvalue weighted by atomic mass is 9.99. The average Bonchev–Trinajstić information content (AvgIpc) is 3.37. The van der Waals surface area contributed by atoms with Crippen molar-refractivity contribution >= 4 is 35.4 Å². The molecule has 8 nitrogen and oxygen atoms in total. The monoisotopic (exact) mass is 385 g/mol. The Morgan fingerprint density at radius 2 is 2.22 bits per heavy atom. The summed E-state index contributed by atoms with van der Waals surface area (Å²) in [6, 6.07) is 5.35. The molecule has 0 aliphatic carbocycles. The molecule has 0 radical (unpaired) electrons. The summed E-state index contributed by atoms with van der Waals surface area (Å²) in [7, 11) is 1.74. The third-order valence-corrected chi connectivity index (χ3v) is 5.69. The Morgan fingerprint density at radius 3 is 3.00 bits per heavy atom. The van der Waals surface area contributed by atoms with Crippen molar-refractivity contribution in [1.82, 2.24) is 19.9 Å². The maximum Gasteiger partial charge on any atom is 0.268 e. The smallest absolute Gasteiger partial charge is 0.268 e. The van der Waals surface area contributed by atoms with Crippen molar-refractivity contribution in [2.75, 3.05) is 13.7 Å². The Labute approximate surface area is 160 Å². The van der Waals surface area contributed by atoms with Crippen LogP contribution in [0.5, 0.6) is 0 Å². The SMILES string of the molecule is CC1OCCC1c1cnnn1C1=C2N(C)C(=O)c3cc(Cl)ccc3[NH+]2C=N1. The Hall–Kier alpha value is -2.55. The van der Waals surface area contributed by atoms with Crippen molar-refractivity contribution in [2.24, 2.45) is 4.99 Å². The highest BCUT2D eigenvalue weighted by atomic mass is 35.5. The highest BCUT2D eigenvalue weighted by molar-refractivity contribution is 6.31. The van der Waals surface area contributed by atoms with Gasteiger partial charge in [-0.15, -0.1) is 5.10 Å². The Morgan fingerprint density at radius 1 is 1.37 bits per heavy atom. The van der Waals surface area contributed by atoms with Crippen molar-refractivity contribution in [3.63, 3.8) is 0 Å². The van der Waals surface area contributed by atoms with Crippen LogP contribution in [0.15, 0.2) is 35.2 Å². The van der Waals surface area contributed by atoms with Gasteiger partial charge < -0.3 is 4.74 Å². The highest BCUT2D eigenvalue weighted by Gasteiger charge is 2.43. The molecule has 3 atom stereocenters. The van der Waals surface area contributed by atoms with Gasteiger partial charge in [0, 0.05) is 30.7 Å². The molecule has 3 unspecified atom stereocenters. The van der Waals surface area contributed by atoms with E-state index >= 15 is 0 Å². The quantitative estimate of drug-likeness (QED) is 0.844. The number of fused-ring (bicyclic) bond motifs is 3. The largest absolute Gasteiger partial charge is 0.378 e. The Balaban J connectivity index is 1.65. The third-order valence-electron chi connectivity index (χ3n) is 5.46. The molecule has 1 saturated heterocycles. The van der Waals surface area contributed by atoms with E-state index in [0.717, 1.165) is 35.1 Å². The molecule has 1 amide bonds. The lowest BCUT2D eigenvalue weighted by Gasteiger charge is -2.28. The zero-order valence-corrected chi connectivity index (χ0v) is 15.6. The first-order valence-corrected chi connectivity index (χ1v) is 9.20. The molecule has 1 aromatic heterocycles. The van der Waals surface area contributed by atoms with E-state index in [-0.39, 0.29) is 17.9 Å². The first-order valence-electron chi connectivity index (χ1n) is 8.82. The fourth-order valence-electron chi connectivity index (χ4n) is 4.04.